The van der Waals surface area contributed by atoms with Crippen LogP contribution in [0.4, 0.5) is 0 Å². The zero-order chi connectivity index (χ0) is 11.4. The second-order valence-electron chi connectivity index (χ2n) is 4.93. The van der Waals surface area contributed by atoms with Crippen molar-refractivity contribution in [1.29, 1.82) is 0 Å². The van der Waals surface area contributed by atoms with Crippen LogP contribution in [0.3, 0.4) is 0 Å². The molecular weight excluding hydrogens is 216 g/mol. The summed E-state index contributed by atoms with van der Waals surface area (Å²) in [6, 6.07) is 5.05. The lowest BCUT2D eigenvalue weighted by Gasteiger charge is -2.31. The van der Waals surface area contributed by atoms with Crippen LogP contribution < -0.4 is 5.32 Å². The van der Waals surface area contributed by atoms with Gasteiger partial charge < -0.3 is 10.2 Å². The fraction of sp³-hybridized carbons (Fsp3) is 0.692. The highest BCUT2D eigenvalue weighted by atomic mass is 32.1. The van der Waals surface area contributed by atoms with Crippen LogP contribution in [0.2, 0.25) is 0 Å². The highest BCUT2D eigenvalue weighted by Crippen LogP contribution is 2.15. The summed E-state index contributed by atoms with van der Waals surface area (Å²) in [5.74, 6) is 0.927. The predicted octanol–water partition coefficient (Wildman–Crippen LogP) is 2.22. The molecule has 0 saturated carbocycles. The Bertz CT molecular complexity index is 293. The van der Waals surface area contributed by atoms with Gasteiger partial charge in [0.1, 0.15) is 0 Å². The summed E-state index contributed by atoms with van der Waals surface area (Å²) in [6.45, 7) is 6.03. The number of hydrogen-bond donors (Lipinski definition) is 1. The standard InChI is InChI=1S/C13H22N2S/c1-11(8-13-4-3-7-16-13)15(2)6-5-12-9-14-10-12/h3-4,7,11-12,14H,5-6,8-10H2,1-2H3. The maximum absolute atomic E-state index is 3.33. The van der Waals surface area contributed by atoms with Crippen molar-refractivity contribution in [3.8, 4) is 0 Å². The van der Waals surface area contributed by atoms with E-state index in [4.69, 9.17) is 0 Å². The second kappa shape index (κ2) is 5.80. The molecule has 0 radical (unpaired) electrons. The molecule has 1 fully saturated rings. The molecule has 0 bridgehead atoms. The minimum atomic E-state index is 0.659. The lowest BCUT2D eigenvalue weighted by molar-refractivity contribution is 0.215. The van der Waals surface area contributed by atoms with E-state index < -0.39 is 0 Å². The summed E-state index contributed by atoms with van der Waals surface area (Å²) in [4.78, 5) is 4.00. The molecule has 1 aromatic rings. The van der Waals surface area contributed by atoms with Crippen LogP contribution in [0.1, 0.15) is 18.2 Å². The van der Waals surface area contributed by atoms with Gasteiger partial charge >= 0.3 is 0 Å². The fourth-order valence-electron chi connectivity index (χ4n) is 2.03. The summed E-state index contributed by atoms with van der Waals surface area (Å²) in [5, 5.41) is 5.50. The lowest BCUT2D eigenvalue weighted by Crippen LogP contribution is -2.44. The van der Waals surface area contributed by atoms with Crippen molar-refractivity contribution < 1.29 is 0 Å². The molecular formula is C13H22N2S. The van der Waals surface area contributed by atoms with Gasteiger partial charge in [0.2, 0.25) is 0 Å². The predicted molar refractivity (Wildman–Crippen MR) is 71.1 cm³/mol. The molecule has 1 aliphatic heterocycles. The van der Waals surface area contributed by atoms with Crippen LogP contribution in [0.25, 0.3) is 0 Å². The highest BCUT2D eigenvalue weighted by molar-refractivity contribution is 7.09. The van der Waals surface area contributed by atoms with E-state index in [0.29, 0.717) is 6.04 Å². The molecule has 1 saturated heterocycles. The number of nitrogens with one attached hydrogen (secondary N) is 1. The van der Waals surface area contributed by atoms with E-state index in [9.17, 15) is 0 Å². The van der Waals surface area contributed by atoms with Gasteiger partial charge in [-0.2, -0.15) is 0 Å². The van der Waals surface area contributed by atoms with E-state index in [1.807, 2.05) is 11.3 Å². The highest BCUT2D eigenvalue weighted by Gasteiger charge is 2.18. The summed E-state index contributed by atoms with van der Waals surface area (Å²) < 4.78 is 0. The Morgan fingerprint density at radius 3 is 2.94 bits per heavy atom. The van der Waals surface area contributed by atoms with Crippen molar-refractivity contribution >= 4 is 11.3 Å². The van der Waals surface area contributed by atoms with E-state index in [1.165, 1.54) is 37.4 Å². The molecule has 1 aromatic heterocycles. The Morgan fingerprint density at radius 2 is 2.38 bits per heavy atom. The first kappa shape index (κ1) is 12.1. The maximum Gasteiger partial charge on any atom is 0.0112 e. The van der Waals surface area contributed by atoms with Crippen LogP contribution in [0, 0.1) is 5.92 Å². The van der Waals surface area contributed by atoms with Crippen LogP contribution >= 0.6 is 11.3 Å². The van der Waals surface area contributed by atoms with Gasteiger partial charge in [-0.05, 0) is 63.8 Å². The van der Waals surface area contributed by atoms with Gasteiger partial charge in [0.05, 0.1) is 0 Å². The van der Waals surface area contributed by atoms with Crippen LogP contribution in [0.15, 0.2) is 17.5 Å². The minimum absolute atomic E-state index is 0.659. The Labute approximate surface area is 103 Å². The molecule has 1 atom stereocenters. The van der Waals surface area contributed by atoms with Gasteiger partial charge in [-0.3, -0.25) is 0 Å². The first-order chi connectivity index (χ1) is 7.75. The Balaban J connectivity index is 1.68. The largest absolute Gasteiger partial charge is 0.316 e. The Kier molecular flexibility index (Phi) is 4.38. The van der Waals surface area contributed by atoms with Crippen LogP contribution in [-0.4, -0.2) is 37.6 Å². The van der Waals surface area contributed by atoms with Gasteiger partial charge in [-0.1, -0.05) is 6.07 Å². The normalized spacial score (nSPS) is 18.7. The maximum atomic E-state index is 3.33. The van der Waals surface area contributed by atoms with E-state index >= 15 is 0 Å². The first-order valence-corrected chi connectivity index (χ1v) is 7.07. The van der Waals surface area contributed by atoms with Crippen molar-refractivity contribution in [2.45, 2.75) is 25.8 Å². The van der Waals surface area contributed by atoms with Crippen LogP contribution in [0.5, 0.6) is 0 Å². The monoisotopic (exact) mass is 238 g/mol. The third-order valence-corrected chi connectivity index (χ3v) is 4.48. The Hall–Kier alpha value is -0.380. The van der Waals surface area contributed by atoms with Gasteiger partial charge in [0.25, 0.3) is 0 Å². The molecule has 2 nitrogen and oxygen atoms in total. The average Bonchev–Trinajstić information content (AvgIpc) is 2.67. The first-order valence-electron chi connectivity index (χ1n) is 6.19. The number of hydrogen-bond acceptors (Lipinski definition) is 3. The van der Waals surface area contributed by atoms with Gasteiger partial charge in [-0.15, -0.1) is 11.3 Å². The van der Waals surface area contributed by atoms with Crippen molar-refractivity contribution in [3.05, 3.63) is 22.4 Å². The second-order valence-corrected chi connectivity index (χ2v) is 5.96. The van der Waals surface area contributed by atoms with Crippen molar-refractivity contribution in [2.24, 2.45) is 5.92 Å². The van der Waals surface area contributed by atoms with Gasteiger partial charge in [-0.25, -0.2) is 0 Å². The lowest BCUT2D eigenvalue weighted by atomic mass is 9.99. The molecule has 1 unspecified atom stereocenters. The summed E-state index contributed by atoms with van der Waals surface area (Å²) in [7, 11) is 2.25. The number of rotatable bonds is 6. The SMILES string of the molecule is CC(Cc1cccs1)N(C)CCC1CNC1. The minimum Gasteiger partial charge on any atom is -0.316 e. The zero-order valence-electron chi connectivity index (χ0n) is 10.3. The molecule has 0 aromatic carbocycles. The van der Waals surface area contributed by atoms with E-state index in [0.717, 1.165) is 5.92 Å². The van der Waals surface area contributed by atoms with Gasteiger partial charge in [0, 0.05) is 10.9 Å². The molecule has 16 heavy (non-hydrogen) atoms. The summed E-state index contributed by atoms with van der Waals surface area (Å²) >= 11 is 1.87. The molecule has 0 aliphatic carbocycles. The number of likely N-dealkylation sites (N-methyl/N-ethyl adjacent to an activating group) is 1. The zero-order valence-corrected chi connectivity index (χ0v) is 11.1. The molecule has 2 rings (SSSR count). The van der Waals surface area contributed by atoms with E-state index in [1.54, 1.807) is 0 Å². The van der Waals surface area contributed by atoms with Crippen LogP contribution in [-0.2, 0) is 6.42 Å². The summed E-state index contributed by atoms with van der Waals surface area (Å²) in [6.07, 6.45) is 2.54. The third kappa shape index (κ3) is 3.30. The number of thiophene rings is 1. The third-order valence-electron chi connectivity index (χ3n) is 3.59. The molecule has 0 amide bonds. The number of nitrogens with zero attached hydrogens (tertiary/aromatic N) is 1. The average molecular weight is 238 g/mol. The van der Waals surface area contributed by atoms with Crippen molar-refractivity contribution in [2.75, 3.05) is 26.7 Å². The van der Waals surface area contributed by atoms with Crippen molar-refractivity contribution in [1.82, 2.24) is 10.2 Å². The van der Waals surface area contributed by atoms with Gasteiger partial charge in [0.15, 0.2) is 0 Å². The van der Waals surface area contributed by atoms with E-state index in [2.05, 4.69) is 41.7 Å². The molecule has 2 heterocycles. The topological polar surface area (TPSA) is 15.3 Å². The molecule has 0 spiro atoms. The Morgan fingerprint density at radius 1 is 1.56 bits per heavy atom. The molecule has 1 aliphatic rings. The molecule has 3 heteroatoms. The fourth-order valence-corrected chi connectivity index (χ4v) is 2.86. The van der Waals surface area contributed by atoms with Crippen molar-refractivity contribution in [3.63, 3.8) is 0 Å². The molecule has 1 N–H and O–H groups in total. The molecule has 90 valence electrons. The smallest absolute Gasteiger partial charge is 0.0112 e. The summed E-state index contributed by atoms with van der Waals surface area (Å²) in [5.41, 5.74) is 0. The van der Waals surface area contributed by atoms with E-state index in [-0.39, 0.29) is 0 Å². The quantitative estimate of drug-likeness (QED) is 0.817.